The summed E-state index contributed by atoms with van der Waals surface area (Å²) < 4.78 is 10.7. The van der Waals surface area contributed by atoms with E-state index >= 15 is 0 Å². The molecule has 0 spiro atoms. The molecular formula is C15H24N2O2. The van der Waals surface area contributed by atoms with E-state index in [9.17, 15) is 0 Å². The van der Waals surface area contributed by atoms with Crippen LogP contribution in [0.1, 0.15) is 18.4 Å². The van der Waals surface area contributed by atoms with Crippen LogP contribution < -0.4 is 10.5 Å². The molecule has 1 saturated heterocycles. The molecule has 2 rings (SSSR count). The minimum absolute atomic E-state index is 0.651. The molecule has 0 aliphatic carbocycles. The summed E-state index contributed by atoms with van der Waals surface area (Å²) in [7, 11) is 3.48. The Kier molecular flexibility index (Phi) is 5.05. The van der Waals surface area contributed by atoms with Gasteiger partial charge in [-0.25, -0.2) is 0 Å². The molecule has 106 valence electrons. The second kappa shape index (κ2) is 6.78. The number of hydrogen-bond acceptors (Lipinski definition) is 4. The third-order valence-corrected chi connectivity index (χ3v) is 3.71. The third kappa shape index (κ3) is 3.85. The summed E-state index contributed by atoms with van der Waals surface area (Å²) in [4.78, 5) is 2.47. The van der Waals surface area contributed by atoms with Crippen LogP contribution in [0, 0.1) is 5.92 Å². The summed E-state index contributed by atoms with van der Waals surface area (Å²) in [6, 6.07) is 5.90. The molecule has 0 radical (unpaired) electrons. The Morgan fingerprint density at radius 2 is 2.21 bits per heavy atom. The van der Waals surface area contributed by atoms with Crippen molar-refractivity contribution in [3.8, 4) is 5.75 Å². The van der Waals surface area contributed by atoms with E-state index in [4.69, 9.17) is 15.2 Å². The largest absolute Gasteiger partial charge is 0.496 e. The fourth-order valence-corrected chi connectivity index (χ4v) is 2.80. The Hall–Kier alpha value is -1.26. The van der Waals surface area contributed by atoms with Gasteiger partial charge in [0.2, 0.25) is 0 Å². The molecule has 1 aliphatic heterocycles. The fraction of sp³-hybridized carbons (Fsp3) is 0.600. The van der Waals surface area contributed by atoms with Crippen molar-refractivity contribution in [2.24, 2.45) is 5.92 Å². The van der Waals surface area contributed by atoms with Gasteiger partial charge in [0, 0.05) is 37.5 Å². The van der Waals surface area contributed by atoms with Crippen molar-refractivity contribution in [3.05, 3.63) is 23.8 Å². The zero-order chi connectivity index (χ0) is 13.7. The molecule has 0 bridgehead atoms. The average molecular weight is 264 g/mol. The molecule has 1 aromatic carbocycles. The number of rotatable bonds is 5. The maximum Gasteiger partial charge on any atom is 0.125 e. The monoisotopic (exact) mass is 264 g/mol. The Balaban J connectivity index is 2.00. The Morgan fingerprint density at radius 3 is 2.95 bits per heavy atom. The lowest BCUT2D eigenvalue weighted by molar-refractivity contribution is 0.0870. The minimum Gasteiger partial charge on any atom is -0.496 e. The number of hydrogen-bond donors (Lipinski definition) is 1. The van der Waals surface area contributed by atoms with Gasteiger partial charge in [-0.2, -0.15) is 0 Å². The van der Waals surface area contributed by atoms with E-state index in [1.807, 2.05) is 12.1 Å². The van der Waals surface area contributed by atoms with Crippen molar-refractivity contribution in [3.63, 3.8) is 0 Å². The molecule has 19 heavy (non-hydrogen) atoms. The van der Waals surface area contributed by atoms with Crippen LogP contribution in [0.15, 0.2) is 18.2 Å². The average Bonchev–Trinajstić information content (AvgIpc) is 2.41. The number of nitrogen functional groups attached to an aromatic ring is 1. The second-order valence-corrected chi connectivity index (χ2v) is 5.27. The van der Waals surface area contributed by atoms with Crippen molar-refractivity contribution in [1.29, 1.82) is 0 Å². The molecule has 1 fully saturated rings. The first-order valence-electron chi connectivity index (χ1n) is 6.86. The number of methoxy groups -OCH3 is 2. The van der Waals surface area contributed by atoms with Gasteiger partial charge in [0.05, 0.1) is 13.7 Å². The highest BCUT2D eigenvalue weighted by atomic mass is 16.5. The van der Waals surface area contributed by atoms with E-state index in [0.717, 1.165) is 37.7 Å². The molecule has 2 N–H and O–H groups in total. The normalized spacial score (nSPS) is 20.4. The van der Waals surface area contributed by atoms with Gasteiger partial charge in [0.25, 0.3) is 0 Å². The zero-order valence-electron chi connectivity index (χ0n) is 11.9. The number of nitrogens with two attached hydrogens (primary N) is 1. The fourth-order valence-electron chi connectivity index (χ4n) is 2.80. The molecule has 1 aromatic rings. The topological polar surface area (TPSA) is 47.7 Å². The highest BCUT2D eigenvalue weighted by molar-refractivity contribution is 5.48. The first-order chi connectivity index (χ1) is 9.22. The standard InChI is InChI=1S/C15H24N2O2/c1-18-11-12-4-3-7-17(9-12)10-13-5-6-14(16)8-15(13)19-2/h5-6,8,12H,3-4,7,9-11,16H2,1-2H3. The van der Waals surface area contributed by atoms with Gasteiger partial charge in [0.1, 0.15) is 5.75 Å². The molecule has 0 saturated carbocycles. The quantitative estimate of drug-likeness (QED) is 0.828. The van der Waals surface area contributed by atoms with Crippen molar-refractivity contribution in [2.45, 2.75) is 19.4 Å². The van der Waals surface area contributed by atoms with E-state index < -0.39 is 0 Å². The van der Waals surface area contributed by atoms with Crippen LogP contribution in [0.5, 0.6) is 5.75 Å². The summed E-state index contributed by atoms with van der Waals surface area (Å²) >= 11 is 0. The summed E-state index contributed by atoms with van der Waals surface area (Å²) in [5.41, 5.74) is 7.74. The smallest absolute Gasteiger partial charge is 0.125 e. The van der Waals surface area contributed by atoms with E-state index in [1.165, 1.54) is 18.4 Å². The van der Waals surface area contributed by atoms with Crippen LogP contribution in [-0.4, -0.2) is 38.8 Å². The van der Waals surface area contributed by atoms with Gasteiger partial charge in [0.15, 0.2) is 0 Å². The van der Waals surface area contributed by atoms with E-state index in [-0.39, 0.29) is 0 Å². The lowest BCUT2D eigenvalue weighted by Crippen LogP contribution is -2.36. The van der Waals surface area contributed by atoms with Crippen molar-refractivity contribution in [2.75, 3.05) is 39.6 Å². The summed E-state index contributed by atoms with van der Waals surface area (Å²) in [6.07, 6.45) is 2.51. The molecule has 0 amide bonds. The predicted molar refractivity (Wildman–Crippen MR) is 77.3 cm³/mol. The highest BCUT2D eigenvalue weighted by Crippen LogP contribution is 2.25. The number of anilines is 1. The van der Waals surface area contributed by atoms with Gasteiger partial charge < -0.3 is 15.2 Å². The minimum atomic E-state index is 0.651. The second-order valence-electron chi connectivity index (χ2n) is 5.27. The lowest BCUT2D eigenvalue weighted by atomic mass is 9.98. The Bertz CT molecular complexity index is 407. The number of nitrogens with zero attached hydrogens (tertiary/aromatic N) is 1. The molecule has 4 heteroatoms. The van der Waals surface area contributed by atoms with Gasteiger partial charge >= 0.3 is 0 Å². The number of benzene rings is 1. The van der Waals surface area contributed by atoms with Crippen LogP contribution >= 0.6 is 0 Å². The molecule has 1 heterocycles. The van der Waals surface area contributed by atoms with Crippen LogP contribution in [-0.2, 0) is 11.3 Å². The molecular weight excluding hydrogens is 240 g/mol. The lowest BCUT2D eigenvalue weighted by Gasteiger charge is -2.32. The SMILES string of the molecule is COCC1CCCN(Cc2ccc(N)cc2OC)C1. The Labute approximate surface area is 115 Å². The van der Waals surface area contributed by atoms with Crippen molar-refractivity contribution in [1.82, 2.24) is 4.90 Å². The van der Waals surface area contributed by atoms with Gasteiger partial charge in [-0.05, 0) is 31.4 Å². The van der Waals surface area contributed by atoms with Gasteiger partial charge in [-0.1, -0.05) is 6.07 Å². The molecule has 0 aromatic heterocycles. The van der Waals surface area contributed by atoms with Crippen LogP contribution in [0.2, 0.25) is 0 Å². The zero-order valence-corrected chi connectivity index (χ0v) is 11.9. The summed E-state index contributed by atoms with van der Waals surface area (Å²) in [6.45, 7) is 4.02. The third-order valence-electron chi connectivity index (χ3n) is 3.71. The number of piperidine rings is 1. The van der Waals surface area contributed by atoms with Gasteiger partial charge in [-0.15, -0.1) is 0 Å². The molecule has 4 nitrogen and oxygen atoms in total. The molecule has 1 aliphatic rings. The van der Waals surface area contributed by atoms with Crippen LogP contribution in [0.25, 0.3) is 0 Å². The van der Waals surface area contributed by atoms with Gasteiger partial charge in [-0.3, -0.25) is 4.90 Å². The molecule has 1 atom stereocenters. The summed E-state index contributed by atoms with van der Waals surface area (Å²) in [5, 5.41) is 0. The maximum absolute atomic E-state index is 5.79. The number of ether oxygens (including phenoxy) is 2. The van der Waals surface area contributed by atoms with E-state index in [2.05, 4.69) is 11.0 Å². The predicted octanol–water partition coefficient (Wildman–Crippen LogP) is 2.14. The van der Waals surface area contributed by atoms with Crippen molar-refractivity contribution >= 4 is 5.69 Å². The highest BCUT2D eigenvalue weighted by Gasteiger charge is 2.20. The first-order valence-corrected chi connectivity index (χ1v) is 6.86. The molecule has 1 unspecified atom stereocenters. The van der Waals surface area contributed by atoms with Crippen LogP contribution in [0.3, 0.4) is 0 Å². The van der Waals surface area contributed by atoms with E-state index in [1.54, 1.807) is 14.2 Å². The maximum atomic E-state index is 5.79. The summed E-state index contributed by atoms with van der Waals surface area (Å²) in [5.74, 6) is 1.53. The first kappa shape index (κ1) is 14.2. The van der Waals surface area contributed by atoms with Crippen LogP contribution in [0.4, 0.5) is 5.69 Å². The van der Waals surface area contributed by atoms with E-state index in [0.29, 0.717) is 5.92 Å². The number of likely N-dealkylation sites (tertiary alicyclic amines) is 1. The Morgan fingerprint density at radius 1 is 1.37 bits per heavy atom. The van der Waals surface area contributed by atoms with Crippen molar-refractivity contribution < 1.29 is 9.47 Å².